The molecule has 0 saturated heterocycles. The number of aromatic nitrogens is 1. The Morgan fingerprint density at radius 3 is 2.50 bits per heavy atom. The summed E-state index contributed by atoms with van der Waals surface area (Å²) in [5.41, 5.74) is 0.925. The van der Waals surface area contributed by atoms with Crippen LogP contribution in [0.5, 0.6) is 0 Å². The molecule has 0 fully saturated rings. The van der Waals surface area contributed by atoms with Gasteiger partial charge in [0.25, 0.3) is 5.91 Å². The Bertz CT molecular complexity index is 607. The molecule has 1 amide bonds. The molecule has 0 aliphatic rings. The van der Waals surface area contributed by atoms with Crippen molar-refractivity contribution in [2.24, 2.45) is 0 Å². The van der Waals surface area contributed by atoms with Crippen molar-refractivity contribution < 1.29 is 14.7 Å². The van der Waals surface area contributed by atoms with Crippen LogP contribution in [0, 0.1) is 6.92 Å². The summed E-state index contributed by atoms with van der Waals surface area (Å²) >= 11 is 1.16. The van der Waals surface area contributed by atoms with Gasteiger partial charge in [-0.1, -0.05) is 12.1 Å². The molecule has 1 heterocycles. The molecule has 5 nitrogen and oxygen atoms in total. The van der Waals surface area contributed by atoms with E-state index in [2.05, 4.69) is 9.69 Å². The Morgan fingerprint density at radius 2 is 1.94 bits per heavy atom. The van der Waals surface area contributed by atoms with Gasteiger partial charge in [0.2, 0.25) is 0 Å². The maximum Gasteiger partial charge on any atom is 0.336 e. The summed E-state index contributed by atoms with van der Waals surface area (Å²) in [6, 6.07) is 7.81. The zero-order valence-corrected chi connectivity index (χ0v) is 10.3. The minimum atomic E-state index is -1.12. The average molecular weight is 262 g/mol. The number of carboxylic acid groups (broad SMARTS) is 1. The van der Waals surface area contributed by atoms with E-state index in [0.29, 0.717) is 5.00 Å². The Kier molecular flexibility index (Phi) is 3.38. The lowest BCUT2D eigenvalue weighted by Crippen LogP contribution is -2.15. The quantitative estimate of drug-likeness (QED) is 0.890. The second kappa shape index (κ2) is 4.97. The number of benzene rings is 1. The summed E-state index contributed by atoms with van der Waals surface area (Å²) < 4.78 is 4.03. The lowest BCUT2D eigenvalue weighted by atomic mass is 10.1. The topological polar surface area (TPSA) is 79.3 Å². The summed E-state index contributed by atoms with van der Waals surface area (Å²) in [5, 5.41) is 12.2. The van der Waals surface area contributed by atoms with Crippen molar-refractivity contribution in [2.75, 3.05) is 5.32 Å². The summed E-state index contributed by atoms with van der Waals surface area (Å²) in [6.45, 7) is 1.82. The molecule has 92 valence electrons. The lowest BCUT2D eigenvalue weighted by Gasteiger charge is -2.05. The third kappa shape index (κ3) is 2.54. The maximum absolute atomic E-state index is 12.0. The van der Waals surface area contributed by atoms with E-state index in [-0.39, 0.29) is 11.1 Å². The van der Waals surface area contributed by atoms with Gasteiger partial charge in [0, 0.05) is 0 Å². The molecule has 0 saturated carbocycles. The van der Waals surface area contributed by atoms with Crippen molar-refractivity contribution in [3.8, 4) is 0 Å². The first kappa shape index (κ1) is 12.3. The molecular weight excluding hydrogens is 252 g/mol. The number of aromatic carboxylic acids is 1. The summed E-state index contributed by atoms with van der Waals surface area (Å²) in [5.74, 6) is -1.57. The highest BCUT2D eigenvalue weighted by atomic mass is 32.1. The number of aryl methyl sites for hydroxylation is 1. The predicted octanol–water partition coefficient (Wildman–Crippen LogP) is 2.40. The van der Waals surface area contributed by atoms with Crippen molar-refractivity contribution in [1.29, 1.82) is 0 Å². The first-order valence-electron chi connectivity index (χ1n) is 5.15. The Hall–Kier alpha value is -2.21. The lowest BCUT2D eigenvalue weighted by molar-refractivity contribution is 0.0692. The van der Waals surface area contributed by atoms with Crippen molar-refractivity contribution >= 4 is 28.4 Å². The zero-order valence-electron chi connectivity index (χ0n) is 9.51. The van der Waals surface area contributed by atoms with Crippen LogP contribution in [-0.4, -0.2) is 21.4 Å². The number of anilines is 1. The van der Waals surface area contributed by atoms with Crippen molar-refractivity contribution in [1.82, 2.24) is 4.37 Å². The van der Waals surface area contributed by atoms with Crippen LogP contribution in [-0.2, 0) is 0 Å². The van der Waals surface area contributed by atoms with Gasteiger partial charge >= 0.3 is 5.97 Å². The van der Waals surface area contributed by atoms with Crippen molar-refractivity contribution in [2.45, 2.75) is 6.92 Å². The number of amides is 1. The van der Waals surface area contributed by atoms with E-state index in [1.807, 2.05) is 6.92 Å². The number of rotatable bonds is 3. The first-order chi connectivity index (χ1) is 8.58. The van der Waals surface area contributed by atoms with Gasteiger partial charge in [0.1, 0.15) is 5.00 Å². The van der Waals surface area contributed by atoms with Crippen LogP contribution in [0.3, 0.4) is 0 Å². The number of hydrogen-bond acceptors (Lipinski definition) is 4. The van der Waals surface area contributed by atoms with E-state index in [1.54, 1.807) is 18.2 Å². The first-order valence-corrected chi connectivity index (χ1v) is 5.92. The van der Waals surface area contributed by atoms with Crippen LogP contribution in [0.1, 0.15) is 26.4 Å². The van der Waals surface area contributed by atoms with Crippen LogP contribution >= 0.6 is 11.5 Å². The van der Waals surface area contributed by atoms with Crippen molar-refractivity contribution in [3.63, 3.8) is 0 Å². The number of carbonyl (C=O) groups excluding carboxylic acids is 1. The van der Waals surface area contributed by atoms with E-state index in [0.717, 1.165) is 17.2 Å². The summed E-state index contributed by atoms with van der Waals surface area (Å²) in [7, 11) is 0. The van der Waals surface area contributed by atoms with Gasteiger partial charge in [-0.15, -0.1) is 0 Å². The standard InChI is InChI=1S/C12H10N2O3S/c1-7-6-10(18-14-7)13-11(15)8-4-2-3-5-9(8)12(16)17/h2-6H,1H3,(H,13,15)(H,16,17). The maximum atomic E-state index is 12.0. The number of carbonyl (C=O) groups is 2. The normalized spacial score (nSPS) is 10.1. The fourth-order valence-corrected chi connectivity index (χ4v) is 2.13. The van der Waals surface area contributed by atoms with Crippen LogP contribution < -0.4 is 5.32 Å². The number of nitrogens with one attached hydrogen (secondary N) is 1. The highest BCUT2D eigenvalue weighted by Gasteiger charge is 2.16. The van der Waals surface area contributed by atoms with Gasteiger partial charge in [0.15, 0.2) is 0 Å². The van der Waals surface area contributed by atoms with Crippen LogP contribution in [0.2, 0.25) is 0 Å². The summed E-state index contributed by atoms with van der Waals surface area (Å²) in [6.07, 6.45) is 0. The molecule has 0 radical (unpaired) electrons. The van der Waals surface area contributed by atoms with Gasteiger partial charge in [-0.05, 0) is 36.7 Å². The highest BCUT2D eigenvalue weighted by Crippen LogP contribution is 2.18. The average Bonchev–Trinajstić information content (AvgIpc) is 2.74. The highest BCUT2D eigenvalue weighted by molar-refractivity contribution is 7.10. The van der Waals surface area contributed by atoms with Gasteiger partial charge in [-0.3, -0.25) is 4.79 Å². The second-order valence-electron chi connectivity index (χ2n) is 3.64. The molecule has 1 aromatic carbocycles. The summed E-state index contributed by atoms with van der Waals surface area (Å²) in [4.78, 5) is 22.9. The third-order valence-electron chi connectivity index (χ3n) is 2.27. The zero-order chi connectivity index (χ0) is 13.1. The molecule has 2 rings (SSSR count). The molecule has 1 aromatic heterocycles. The molecule has 0 spiro atoms. The number of carboxylic acids is 1. The molecule has 2 N–H and O–H groups in total. The Balaban J connectivity index is 2.26. The number of nitrogens with zero attached hydrogens (tertiary/aromatic N) is 1. The van der Waals surface area contributed by atoms with Gasteiger partial charge in [-0.2, -0.15) is 4.37 Å². The monoisotopic (exact) mass is 262 g/mol. The van der Waals surface area contributed by atoms with Gasteiger partial charge < -0.3 is 10.4 Å². The largest absolute Gasteiger partial charge is 0.478 e. The van der Waals surface area contributed by atoms with Crippen LogP contribution in [0.25, 0.3) is 0 Å². The van der Waals surface area contributed by atoms with Crippen LogP contribution in [0.15, 0.2) is 30.3 Å². The molecule has 0 atom stereocenters. The molecule has 0 unspecified atom stereocenters. The van der Waals surface area contributed by atoms with E-state index >= 15 is 0 Å². The SMILES string of the molecule is Cc1cc(NC(=O)c2ccccc2C(=O)O)sn1. The minimum Gasteiger partial charge on any atom is -0.478 e. The number of hydrogen-bond donors (Lipinski definition) is 2. The van der Waals surface area contributed by atoms with Crippen LogP contribution in [0.4, 0.5) is 5.00 Å². The molecular formula is C12H10N2O3S. The third-order valence-corrected chi connectivity index (χ3v) is 3.06. The van der Waals surface area contributed by atoms with Gasteiger partial charge in [0.05, 0.1) is 16.8 Å². The van der Waals surface area contributed by atoms with E-state index in [9.17, 15) is 9.59 Å². The molecule has 6 heteroatoms. The fraction of sp³-hybridized carbons (Fsp3) is 0.0833. The van der Waals surface area contributed by atoms with E-state index < -0.39 is 11.9 Å². The fourth-order valence-electron chi connectivity index (χ4n) is 1.47. The molecule has 18 heavy (non-hydrogen) atoms. The minimum absolute atomic E-state index is 0.0174. The van der Waals surface area contributed by atoms with E-state index in [1.165, 1.54) is 12.1 Å². The molecule has 0 aliphatic carbocycles. The van der Waals surface area contributed by atoms with Crippen molar-refractivity contribution in [3.05, 3.63) is 47.2 Å². The second-order valence-corrected chi connectivity index (χ2v) is 4.44. The smallest absolute Gasteiger partial charge is 0.336 e. The molecule has 0 bridgehead atoms. The molecule has 0 aliphatic heterocycles. The van der Waals surface area contributed by atoms with E-state index in [4.69, 9.17) is 5.11 Å². The van der Waals surface area contributed by atoms with Gasteiger partial charge in [-0.25, -0.2) is 4.79 Å². The Morgan fingerprint density at radius 1 is 1.28 bits per heavy atom. The predicted molar refractivity (Wildman–Crippen MR) is 68.2 cm³/mol. The molecule has 2 aromatic rings. The Labute approximate surface area is 107 Å².